The van der Waals surface area contributed by atoms with Gasteiger partial charge in [-0.25, -0.2) is 0 Å². The van der Waals surface area contributed by atoms with Crippen molar-refractivity contribution < 1.29 is 4.79 Å². The fraction of sp³-hybridized carbons (Fsp3) is 0.364. The fourth-order valence-electron chi connectivity index (χ4n) is 1.21. The average Bonchev–Trinajstić information content (AvgIpc) is 2.17. The van der Waals surface area contributed by atoms with E-state index in [-0.39, 0.29) is 11.9 Å². The molecule has 1 amide bonds. The third-order valence-electron chi connectivity index (χ3n) is 2.09. The number of nitrogens with one attached hydrogen (secondary N) is 1. The van der Waals surface area contributed by atoms with Gasteiger partial charge in [0.15, 0.2) is 0 Å². The van der Waals surface area contributed by atoms with Gasteiger partial charge in [-0.2, -0.15) is 0 Å². The molecule has 1 atom stereocenters. The largest absolute Gasteiger partial charge is 0.398 e. The summed E-state index contributed by atoms with van der Waals surface area (Å²) in [4.78, 5) is 11.6. The SMILES string of the molecule is CC(N)CCNC(=O)c1ccccc1N. The maximum absolute atomic E-state index is 11.6. The third-order valence-corrected chi connectivity index (χ3v) is 2.09. The summed E-state index contributed by atoms with van der Waals surface area (Å²) in [6.45, 7) is 2.48. The summed E-state index contributed by atoms with van der Waals surface area (Å²) in [6.07, 6.45) is 0.762. The number of benzene rings is 1. The smallest absolute Gasteiger partial charge is 0.253 e. The van der Waals surface area contributed by atoms with Gasteiger partial charge in [0, 0.05) is 18.3 Å². The Morgan fingerprint density at radius 1 is 1.47 bits per heavy atom. The van der Waals surface area contributed by atoms with E-state index in [9.17, 15) is 4.79 Å². The van der Waals surface area contributed by atoms with Crippen LogP contribution in [0.25, 0.3) is 0 Å². The van der Waals surface area contributed by atoms with Crippen LogP contribution in [0, 0.1) is 0 Å². The number of para-hydroxylation sites is 1. The van der Waals surface area contributed by atoms with E-state index in [1.807, 2.05) is 6.92 Å². The molecule has 0 aliphatic heterocycles. The molecule has 0 saturated carbocycles. The molecular formula is C11H17N3O. The molecule has 0 aliphatic carbocycles. The van der Waals surface area contributed by atoms with E-state index in [0.717, 1.165) is 6.42 Å². The lowest BCUT2D eigenvalue weighted by Gasteiger charge is -2.08. The molecule has 0 heterocycles. The topological polar surface area (TPSA) is 81.1 Å². The molecule has 0 spiro atoms. The van der Waals surface area contributed by atoms with E-state index >= 15 is 0 Å². The van der Waals surface area contributed by atoms with Crippen molar-refractivity contribution in [3.63, 3.8) is 0 Å². The summed E-state index contributed by atoms with van der Waals surface area (Å²) in [7, 11) is 0. The number of nitrogens with two attached hydrogens (primary N) is 2. The van der Waals surface area contributed by atoms with Crippen LogP contribution in [-0.2, 0) is 0 Å². The maximum atomic E-state index is 11.6. The molecule has 0 bridgehead atoms. The first-order valence-electron chi connectivity index (χ1n) is 4.99. The van der Waals surface area contributed by atoms with Crippen LogP contribution in [0.3, 0.4) is 0 Å². The fourth-order valence-corrected chi connectivity index (χ4v) is 1.21. The molecule has 0 aromatic heterocycles. The zero-order valence-electron chi connectivity index (χ0n) is 8.86. The molecule has 1 rings (SSSR count). The van der Waals surface area contributed by atoms with Crippen LogP contribution in [0.5, 0.6) is 0 Å². The van der Waals surface area contributed by atoms with Crippen molar-refractivity contribution in [2.45, 2.75) is 19.4 Å². The summed E-state index contributed by atoms with van der Waals surface area (Å²) in [5.41, 5.74) is 12.3. The zero-order valence-corrected chi connectivity index (χ0v) is 8.86. The van der Waals surface area contributed by atoms with Crippen molar-refractivity contribution in [3.05, 3.63) is 29.8 Å². The van der Waals surface area contributed by atoms with Gasteiger partial charge in [-0.3, -0.25) is 4.79 Å². The van der Waals surface area contributed by atoms with Crippen LogP contribution < -0.4 is 16.8 Å². The number of rotatable bonds is 4. The Balaban J connectivity index is 2.51. The minimum atomic E-state index is -0.145. The second kappa shape index (κ2) is 5.36. The minimum absolute atomic E-state index is 0.0958. The van der Waals surface area contributed by atoms with E-state index in [1.54, 1.807) is 24.3 Å². The van der Waals surface area contributed by atoms with E-state index < -0.39 is 0 Å². The maximum Gasteiger partial charge on any atom is 0.253 e. The van der Waals surface area contributed by atoms with Crippen molar-refractivity contribution in [1.82, 2.24) is 5.32 Å². The lowest BCUT2D eigenvalue weighted by atomic mass is 10.1. The van der Waals surface area contributed by atoms with Gasteiger partial charge >= 0.3 is 0 Å². The number of carbonyl (C=O) groups is 1. The highest BCUT2D eigenvalue weighted by Gasteiger charge is 2.07. The van der Waals surface area contributed by atoms with Gasteiger partial charge < -0.3 is 16.8 Å². The highest BCUT2D eigenvalue weighted by atomic mass is 16.1. The molecule has 1 unspecified atom stereocenters. The average molecular weight is 207 g/mol. The Hall–Kier alpha value is -1.55. The summed E-state index contributed by atoms with van der Waals surface area (Å²) in [6, 6.07) is 7.10. The summed E-state index contributed by atoms with van der Waals surface area (Å²) < 4.78 is 0. The van der Waals surface area contributed by atoms with Gasteiger partial charge in [0.25, 0.3) is 5.91 Å². The number of amides is 1. The van der Waals surface area contributed by atoms with Crippen molar-refractivity contribution in [2.75, 3.05) is 12.3 Å². The molecule has 0 saturated heterocycles. The molecule has 0 aliphatic rings. The van der Waals surface area contributed by atoms with E-state index in [4.69, 9.17) is 11.5 Å². The highest BCUT2D eigenvalue weighted by Crippen LogP contribution is 2.09. The normalized spacial score (nSPS) is 12.1. The van der Waals surface area contributed by atoms with Gasteiger partial charge in [0.1, 0.15) is 0 Å². The second-order valence-corrected chi connectivity index (χ2v) is 3.61. The van der Waals surface area contributed by atoms with Crippen molar-refractivity contribution in [3.8, 4) is 0 Å². The number of hydrogen-bond acceptors (Lipinski definition) is 3. The molecular weight excluding hydrogens is 190 g/mol. The van der Waals surface area contributed by atoms with Crippen LogP contribution in [0.2, 0.25) is 0 Å². The first-order chi connectivity index (χ1) is 7.11. The first-order valence-corrected chi connectivity index (χ1v) is 4.99. The standard InChI is InChI=1S/C11H17N3O/c1-8(12)6-7-14-11(15)9-4-2-3-5-10(9)13/h2-5,8H,6-7,12-13H2,1H3,(H,14,15). The van der Waals surface area contributed by atoms with Crippen LogP contribution in [0.1, 0.15) is 23.7 Å². The Bertz CT molecular complexity index is 336. The Morgan fingerprint density at radius 3 is 2.73 bits per heavy atom. The summed E-state index contributed by atoms with van der Waals surface area (Å²) in [5, 5.41) is 2.77. The lowest BCUT2D eigenvalue weighted by molar-refractivity contribution is 0.0953. The van der Waals surface area contributed by atoms with Gasteiger partial charge in [0.2, 0.25) is 0 Å². The number of carbonyl (C=O) groups excluding carboxylic acids is 1. The van der Waals surface area contributed by atoms with E-state index in [0.29, 0.717) is 17.8 Å². The molecule has 1 aromatic rings. The van der Waals surface area contributed by atoms with E-state index in [2.05, 4.69) is 5.32 Å². The molecule has 0 fully saturated rings. The number of anilines is 1. The van der Waals surface area contributed by atoms with Crippen molar-refractivity contribution in [1.29, 1.82) is 0 Å². The van der Waals surface area contributed by atoms with Crippen LogP contribution in [-0.4, -0.2) is 18.5 Å². The van der Waals surface area contributed by atoms with Gasteiger partial charge in [0.05, 0.1) is 5.56 Å². The van der Waals surface area contributed by atoms with Crippen LogP contribution in [0.4, 0.5) is 5.69 Å². The van der Waals surface area contributed by atoms with Gasteiger partial charge in [-0.15, -0.1) is 0 Å². The third kappa shape index (κ3) is 3.59. The van der Waals surface area contributed by atoms with Crippen LogP contribution >= 0.6 is 0 Å². The molecule has 82 valence electrons. The first kappa shape index (κ1) is 11.5. The second-order valence-electron chi connectivity index (χ2n) is 3.61. The quantitative estimate of drug-likeness (QED) is 0.637. The van der Waals surface area contributed by atoms with Gasteiger partial charge in [-0.05, 0) is 25.5 Å². The molecule has 15 heavy (non-hydrogen) atoms. The molecule has 1 aromatic carbocycles. The predicted octanol–water partition coefficient (Wildman–Crippen LogP) is 0.736. The van der Waals surface area contributed by atoms with Crippen molar-refractivity contribution >= 4 is 11.6 Å². The van der Waals surface area contributed by atoms with Crippen LogP contribution in [0.15, 0.2) is 24.3 Å². The Morgan fingerprint density at radius 2 is 2.13 bits per heavy atom. The molecule has 4 nitrogen and oxygen atoms in total. The Kier molecular flexibility index (Phi) is 4.12. The van der Waals surface area contributed by atoms with Gasteiger partial charge in [-0.1, -0.05) is 12.1 Å². The minimum Gasteiger partial charge on any atom is -0.398 e. The number of nitrogen functional groups attached to an aromatic ring is 1. The predicted molar refractivity (Wildman–Crippen MR) is 61.5 cm³/mol. The molecule has 0 radical (unpaired) electrons. The molecule has 4 heteroatoms. The molecule has 5 N–H and O–H groups in total. The number of hydrogen-bond donors (Lipinski definition) is 3. The summed E-state index contributed by atoms with van der Waals surface area (Å²) >= 11 is 0. The summed E-state index contributed by atoms with van der Waals surface area (Å²) in [5.74, 6) is -0.145. The van der Waals surface area contributed by atoms with Crippen molar-refractivity contribution in [2.24, 2.45) is 5.73 Å². The highest BCUT2D eigenvalue weighted by molar-refractivity contribution is 5.98. The Labute approximate surface area is 89.6 Å². The lowest BCUT2D eigenvalue weighted by Crippen LogP contribution is -2.29. The monoisotopic (exact) mass is 207 g/mol. The zero-order chi connectivity index (χ0) is 11.3. The van der Waals surface area contributed by atoms with E-state index in [1.165, 1.54) is 0 Å².